The predicted molar refractivity (Wildman–Crippen MR) is 99.5 cm³/mol. The van der Waals surface area contributed by atoms with Crippen LogP contribution in [-0.4, -0.2) is 52.2 Å². The average Bonchev–Trinajstić information content (AvgIpc) is 2.83. The van der Waals surface area contributed by atoms with E-state index in [1.807, 2.05) is 6.36 Å². The van der Waals surface area contributed by atoms with Gasteiger partial charge in [0.2, 0.25) is 0 Å². The minimum absolute atomic E-state index is 0. The third-order valence-electron chi connectivity index (χ3n) is 4.86. The van der Waals surface area contributed by atoms with Crippen molar-refractivity contribution in [1.82, 2.24) is 8.95 Å². The summed E-state index contributed by atoms with van der Waals surface area (Å²) in [5.41, 5.74) is 0. The fourth-order valence-corrected chi connectivity index (χ4v) is 11.7. The monoisotopic (exact) mass is 464 g/mol. The number of nitrogens with zero attached hydrogens (tertiary/aromatic N) is 2. The van der Waals surface area contributed by atoms with Crippen molar-refractivity contribution in [2.24, 2.45) is 0 Å². The van der Waals surface area contributed by atoms with Crippen molar-refractivity contribution >= 4 is 30.2 Å². The Bertz CT molecular complexity index is 436. The number of rotatable bonds is 4. The molecule has 0 radical (unpaired) electrons. The Morgan fingerprint density at radius 2 is 1.09 bits per heavy atom. The van der Waals surface area contributed by atoms with Crippen molar-refractivity contribution in [1.29, 1.82) is 0 Å². The maximum absolute atomic E-state index is 2.79. The summed E-state index contributed by atoms with van der Waals surface area (Å²) in [4.78, 5) is 0. The second-order valence-corrected chi connectivity index (χ2v) is 21.7. The molecule has 128 valence electrons. The van der Waals surface area contributed by atoms with Crippen LogP contribution in [0.4, 0.5) is 0 Å². The van der Waals surface area contributed by atoms with E-state index >= 15 is 0 Å². The van der Waals surface area contributed by atoms with Gasteiger partial charge in [-0.05, 0) is 0 Å². The van der Waals surface area contributed by atoms with Crippen LogP contribution in [0.1, 0.15) is 0 Å². The van der Waals surface area contributed by atoms with E-state index in [0.717, 1.165) is 13.7 Å². The normalized spacial score (nSPS) is 19.8. The standard InChI is InChI=1S/2C7H15BNSi.2ClH.Zr/c2*1-8-6-5-7-9(8)10(2,3)4;;;/h2*5H,7H2,1-4H3;2*1H;/q;;;;+2/p-2. The van der Waals surface area contributed by atoms with Gasteiger partial charge in [0, 0.05) is 0 Å². The molecule has 0 aliphatic carbocycles. The molecule has 2 nitrogen and oxygen atoms in total. The molecule has 23 heavy (non-hydrogen) atoms. The summed E-state index contributed by atoms with van der Waals surface area (Å²) in [6.07, 6.45) is 5.17. The number of hydrogen-bond acceptors (Lipinski definition) is 2. The Kier molecular flexibility index (Phi) is 9.43. The van der Waals surface area contributed by atoms with Crippen LogP contribution in [0.15, 0.2) is 18.5 Å². The molecule has 0 aromatic heterocycles. The molecule has 0 unspecified atom stereocenters. The van der Waals surface area contributed by atoms with Crippen LogP contribution in [0.25, 0.3) is 0 Å². The smallest absolute Gasteiger partial charge is 1.00 e. The zero-order chi connectivity index (χ0) is 16.0. The van der Waals surface area contributed by atoms with E-state index in [-0.39, 0.29) is 24.8 Å². The van der Waals surface area contributed by atoms with E-state index in [2.05, 4.69) is 74.0 Å². The topological polar surface area (TPSA) is 6.48 Å². The van der Waals surface area contributed by atoms with Gasteiger partial charge >= 0.3 is 147 Å². The maximum atomic E-state index is 2.79. The first-order chi connectivity index (χ1) is 9.51. The van der Waals surface area contributed by atoms with E-state index in [1.54, 1.807) is 0 Å². The molecule has 2 rings (SSSR count). The van der Waals surface area contributed by atoms with E-state index < -0.39 is 39.7 Å². The third kappa shape index (κ3) is 5.70. The molecule has 0 spiro atoms. The van der Waals surface area contributed by atoms with Gasteiger partial charge in [-0.25, -0.2) is 0 Å². The van der Waals surface area contributed by atoms with Gasteiger partial charge in [-0.15, -0.1) is 0 Å². The summed E-state index contributed by atoms with van der Waals surface area (Å²) >= 11 is -0.546. The summed E-state index contributed by atoms with van der Waals surface area (Å²) < 4.78 is 9.24. The molecule has 0 fully saturated rings. The molecule has 9 heteroatoms. The maximum Gasteiger partial charge on any atom is -1.00 e. The number of halogens is 2. The van der Waals surface area contributed by atoms with Crippen LogP contribution in [0.2, 0.25) is 52.9 Å². The van der Waals surface area contributed by atoms with Crippen molar-refractivity contribution in [2.45, 2.75) is 52.9 Å². The number of hydrogen-bond donors (Lipinski definition) is 0. The fraction of sp³-hybridized carbons (Fsp3) is 0.714. The van der Waals surface area contributed by atoms with Gasteiger partial charge in [0.25, 0.3) is 0 Å². The second kappa shape index (κ2) is 8.88. The Balaban J connectivity index is 0.00000242. The molecule has 2 aliphatic heterocycles. The zero-order valence-electron chi connectivity index (χ0n) is 15.9. The van der Waals surface area contributed by atoms with E-state index in [1.165, 1.54) is 13.1 Å². The second-order valence-electron chi connectivity index (χ2n) is 8.44. The minimum Gasteiger partial charge on any atom is -1.00 e. The first-order valence-corrected chi connectivity index (χ1v) is 17.6. The minimum atomic E-state index is -1.16. The Morgan fingerprint density at radius 1 is 0.783 bits per heavy atom. The molecular formula is C14H30B2Cl2N2Si2Zr. The van der Waals surface area contributed by atoms with Gasteiger partial charge in [0.05, 0.1) is 0 Å². The van der Waals surface area contributed by atoms with Crippen molar-refractivity contribution in [3.63, 3.8) is 0 Å². The van der Waals surface area contributed by atoms with Crippen LogP contribution in [0.3, 0.4) is 0 Å². The van der Waals surface area contributed by atoms with Gasteiger partial charge < -0.3 is 24.8 Å². The molecule has 0 aromatic rings. The predicted octanol–water partition coefficient (Wildman–Crippen LogP) is -2.53. The Morgan fingerprint density at radius 3 is 1.30 bits per heavy atom. The molecule has 0 aromatic carbocycles. The van der Waals surface area contributed by atoms with Crippen molar-refractivity contribution in [2.75, 3.05) is 13.1 Å². The van der Waals surface area contributed by atoms with Crippen LogP contribution in [-0.2, 0) is 23.2 Å². The van der Waals surface area contributed by atoms with Crippen molar-refractivity contribution < 1.29 is 48.0 Å². The summed E-state index contributed by atoms with van der Waals surface area (Å²) in [6.45, 7) is 23.7. The molecule has 2 heterocycles. The Hall–Kier alpha value is 1.43. The third-order valence-corrected chi connectivity index (χ3v) is 13.9. The van der Waals surface area contributed by atoms with Crippen LogP contribution >= 0.6 is 0 Å². The summed E-state index contributed by atoms with van der Waals surface area (Å²) in [5.74, 6) is 0. The molecule has 0 saturated heterocycles. The first-order valence-electron chi connectivity index (χ1n) is 8.22. The van der Waals surface area contributed by atoms with Gasteiger partial charge in [0.15, 0.2) is 0 Å². The molecule has 0 atom stereocenters. The molecule has 0 saturated carbocycles. The van der Waals surface area contributed by atoms with Crippen LogP contribution in [0, 0.1) is 0 Å². The summed E-state index contributed by atoms with van der Waals surface area (Å²) in [5, 5.41) is 0. The van der Waals surface area contributed by atoms with Gasteiger partial charge in [-0.1, -0.05) is 0 Å². The SMILES string of the molecule is CB1[C]([Zr+2][C]2=CCN([Si](C)(C)C)B2C)=CCN1[Si](C)(C)C.[Cl-].[Cl-]. The van der Waals surface area contributed by atoms with E-state index in [4.69, 9.17) is 0 Å². The van der Waals surface area contributed by atoms with Crippen LogP contribution in [0.5, 0.6) is 0 Å². The van der Waals surface area contributed by atoms with Crippen molar-refractivity contribution in [3.8, 4) is 0 Å². The van der Waals surface area contributed by atoms with Crippen molar-refractivity contribution in [3.05, 3.63) is 18.5 Å². The molecule has 0 amide bonds. The molecule has 2 aliphatic rings. The average molecular weight is 466 g/mol. The summed E-state index contributed by atoms with van der Waals surface area (Å²) in [7, 11) is -2.32. The summed E-state index contributed by atoms with van der Waals surface area (Å²) in [6, 6.07) is 0. The largest absolute Gasteiger partial charge is 1.00 e. The van der Waals surface area contributed by atoms with Gasteiger partial charge in [-0.3, -0.25) is 0 Å². The molecular weight excluding hydrogens is 436 g/mol. The first kappa shape index (κ1) is 24.4. The fourth-order valence-electron chi connectivity index (χ4n) is 3.57. The van der Waals surface area contributed by atoms with Gasteiger partial charge in [-0.2, -0.15) is 0 Å². The molecule has 0 N–H and O–H groups in total. The molecule has 0 bridgehead atoms. The van der Waals surface area contributed by atoms with E-state index in [9.17, 15) is 0 Å². The Labute approximate surface area is 170 Å². The quantitative estimate of drug-likeness (QED) is 0.422. The zero-order valence-corrected chi connectivity index (χ0v) is 21.8. The van der Waals surface area contributed by atoms with Crippen LogP contribution < -0.4 is 24.8 Å². The van der Waals surface area contributed by atoms with E-state index in [0.29, 0.717) is 0 Å². The van der Waals surface area contributed by atoms with Gasteiger partial charge in [0.1, 0.15) is 0 Å².